The number of carbonyl (C=O) groups excluding carboxylic acids is 1. The fourth-order valence-corrected chi connectivity index (χ4v) is 2.05. The number of hydrogen-bond donors (Lipinski definition) is 4. The van der Waals surface area contributed by atoms with E-state index in [4.69, 9.17) is 30.8 Å². The molecule has 1 atom stereocenters. The highest BCUT2D eigenvalue weighted by Crippen LogP contribution is 2.39. The zero-order chi connectivity index (χ0) is 15.8. The molecule has 0 aromatic rings. The maximum atomic E-state index is 11.7. The number of carbonyl (C=O) groups is 1. The molecule has 0 aliphatic rings. The van der Waals surface area contributed by atoms with Crippen molar-refractivity contribution in [3.05, 3.63) is 0 Å². The third-order valence-electron chi connectivity index (χ3n) is 1.86. The van der Waals surface area contributed by atoms with E-state index in [0.29, 0.717) is 0 Å². The first-order chi connectivity index (χ1) is 9.09. The Morgan fingerprint density at radius 2 is 1.85 bits per heavy atom. The highest BCUT2D eigenvalue weighted by Gasteiger charge is 2.23. The second-order valence-corrected chi connectivity index (χ2v) is 6.55. The molecule has 0 bridgehead atoms. The summed E-state index contributed by atoms with van der Waals surface area (Å²) < 4.78 is 26.5. The van der Waals surface area contributed by atoms with Gasteiger partial charge in [0.1, 0.15) is 5.60 Å². The molecule has 20 heavy (non-hydrogen) atoms. The average molecular weight is 312 g/mol. The number of hydrogen-bond acceptors (Lipinski definition) is 7. The van der Waals surface area contributed by atoms with Gasteiger partial charge in [-0.2, -0.15) is 0 Å². The van der Waals surface area contributed by atoms with Crippen molar-refractivity contribution in [3.8, 4) is 0 Å². The van der Waals surface area contributed by atoms with E-state index < -0.39 is 25.5 Å². The quantitative estimate of drug-likeness (QED) is 0.358. The van der Waals surface area contributed by atoms with Crippen molar-refractivity contribution in [2.45, 2.75) is 32.5 Å². The molecule has 0 aliphatic carbocycles. The van der Waals surface area contributed by atoms with Crippen LogP contribution in [0.3, 0.4) is 0 Å². The van der Waals surface area contributed by atoms with Gasteiger partial charge in [0.05, 0.1) is 12.7 Å². The van der Waals surface area contributed by atoms with E-state index in [1.807, 2.05) is 0 Å². The van der Waals surface area contributed by atoms with Crippen LogP contribution in [-0.4, -0.2) is 44.0 Å². The summed E-state index contributed by atoms with van der Waals surface area (Å²) in [5.41, 5.74) is 15.4. The second kappa shape index (κ2) is 8.56. The first-order valence-electron chi connectivity index (χ1n) is 6.18. The Bertz CT molecular complexity index is 343. The van der Waals surface area contributed by atoms with Crippen LogP contribution in [0.25, 0.3) is 0 Å². The van der Waals surface area contributed by atoms with Crippen molar-refractivity contribution >= 4 is 13.8 Å². The van der Waals surface area contributed by atoms with Crippen LogP contribution in [0.5, 0.6) is 0 Å². The largest absolute Gasteiger partial charge is 0.444 e. The number of ether oxygens (including phenoxy) is 1. The van der Waals surface area contributed by atoms with Crippen LogP contribution in [-0.2, 0) is 18.3 Å². The predicted octanol–water partition coefficient (Wildman–Crippen LogP) is -0.103. The summed E-state index contributed by atoms with van der Waals surface area (Å²) in [6.45, 7) is 5.37. The fourth-order valence-electron chi connectivity index (χ4n) is 1.06. The van der Waals surface area contributed by atoms with Crippen LogP contribution in [0.15, 0.2) is 0 Å². The van der Waals surface area contributed by atoms with Crippen LogP contribution < -0.4 is 22.3 Å². The highest BCUT2D eigenvalue weighted by atomic mass is 31.2. The molecule has 0 saturated carbocycles. The van der Waals surface area contributed by atoms with E-state index in [1.165, 1.54) is 0 Å². The molecule has 0 aromatic heterocycles. The summed E-state index contributed by atoms with van der Waals surface area (Å²) in [6, 6.07) is 0. The lowest BCUT2D eigenvalue weighted by atomic mass is 10.2. The summed E-state index contributed by atoms with van der Waals surface area (Å²) in [7, 11) is -3.73. The minimum Gasteiger partial charge on any atom is -0.444 e. The van der Waals surface area contributed by atoms with Crippen molar-refractivity contribution in [1.82, 2.24) is 5.32 Å². The molecule has 0 fully saturated rings. The van der Waals surface area contributed by atoms with Gasteiger partial charge in [0.15, 0.2) is 0 Å². The van der Waals surface area contributed by atoms with Gasteiger partial charge in [-0.1, -0.05) is 0 Å². The molecule has 0 spiro atoms. The third-order valence-corrected chi connectivity index (χ3v) is 3.00. The Labute approximate surface area is 119 Å². The lowest BCUT2D eigenvalue weighted by Crippen LogP contribution is -2.35. The van der Waals surface area contributed by atoms with E-state index in [-0.39, 0.29) is 26.2 Å². The molecule has 0 rings (SSSR count). The van der Waals surface area contributed by atoms with Gasteiger partial charge in [0.25, 0.3) is 0 Å². The molecule has 0 saturated heterocycles. The Morgan fingerprint density at radius 1 is 1.30 bits per heavy atom. The van der Waals surface area contributed by atoms with Crippen molar-refractivity contribution < 1.29 is 23.1 Å². The monoisotopic (exact) mass is 312 g/mol. The number of nitrogens with one attached hydrogen (secondary N) is 1. The average Bonchev–Trinajstić information content (AvgIpc) is 2.29. The molecule has 0 aromatic carbocycles. The SMILES string of the molecule is CC(C)(C)OC(=O)NCCOP(N)(=O)OC(CN)CN. The van der Waals surface area contributed by atoms with Crippen LogP contribution in [0.1, 0.15) is 20.8 Å². The molecular formula is C10H25N4O5P. The Balaban J connectivity index is 3.94. The Hall–Kier alpha value is -0.700. The van der Waals surface area contributed by atoms with E-state index in [0.717, 1.165) is 0 Å². The molecule has 10 heteroatoms. The number of rotatable bonds is 8. The van der Waals surface area contributed by atoms with Crippen LogP contribution in [0, 0.1) is 0 Å². The molecule has 9 nitrogen and oxygen atoms in total. The third kappa shape index (κ3) is 10.1. The van der Waals surface area contributed by atoms with Crippen molar-refractivity contribution in [1.29, 1.82) is 0 Å². The first kappa shape index (κ1) is 19.3. The number of amides is 1. The molecule has 120 valence electrons. The van der Waals surface area contributed by atoms with E-state index in [9.17, 15) is 9.36 Å². The second-order valence-electron chi connectivity index (χ2n) is 5.00. The minimum absolute atomic E-state index is 0.0787. The summed E-state index contributed by atoms with van der Waals surface area (Å²) in [5, 5.41) is 2.43. The Morgan fingerprint density at radius 3 is 2.30 bits per heavy atom. The smallest absolute Gasteiger partial charge is 0.407 e. The topological polar surface area (TPSA) is 152 Å². The van der Waals surface area contributed by atoms with Crippen LogP contribution in [0.2, 0.25) is 0 Å². The van der Waals surface area contributed by atoms with Crippen LogP contribution >= 0.6 is 7.75 Å². The van der Waals surface area contributed by atoms with Gasteiger partial charge in [0.2, 0.25) is 0 Å². The van der Waals surface area contributed by atoms with Gasteiger partial charge in [-0.3, -0.25) is 9.05 Å². The van der Waals surface area contributed by atoms with Gasteiger partial charge in [-0.15, -0.1) is 0 Å². The Kier molecular flexibility index (Phi) is 8.26. The molecule has 0 aliphatic heterocycles. The van der Waals surface area contributed by atoms with Crippen molar-refractivity contribution in [2.75, 3.05) is 26.2 Å². The molecule has 0 heterocycles. The zero-order valence-corrected chi connectivity index (χ0v) is 13.0. The highest BCUT2D eigenvalue weighted by molar-refractivity contribution is 7.51. The summed E-state index contributed by atoms with van der Waals surface area (Å²) in [4.78, 5) is 11.3. The summed E-state index contributed by atoms with van der Waals surface area (Å²) in [6.07, 6.45) is -1.24. The number of nitrogens with two attached hydrogens (primary N) is 3. The van der Waals surface area contributed by atoms with Gasteiger partial charge in [-0.25, -0.2) is 14.9 Å². The van der Waals surface area contributed by atoms with Gasteiger partial charge in [0, 0.05) is 19.6 Å². The van der Waals surface area contributed by atoms with E-state index >= 15 is 0 Å². The van der Waals surface area contributed by atoms with Gasteiger partial charge >= 0.3 is 13.8 Å². The van der Waals surface area contributed by atoms with E-state index in [2.05, 4.69) is 5.32 Å². The summed E-state index contributed by atoms with van der Waals surface area (Å²) >= 11 is 0. The lowest BCUT2D eigenvalue weighted by molar-refractivity contribution is 0.0516. The van der Waals surface area contributed by atoms with Crippen molar-refractivity contribution in [3.63, 3.8) is 0 Å². The zero-order valence-electron chi connectivity index (χ0n) is 12.1. The molecule has 0 radical (unpaired) electrons. The molecule has 1 unspecified atom stereocenters. The maximum Gasteiger partial charge on any atom is 0.407 e. The maximum absolute atomic E-state index is 11.7. The predicted molar refractivity (Wildman–Crippen MR) is 75.0 cm³/mol. The molecule has 7 N–H and O–H groups in total. The standard InChI is InChI=1S/C10H25N4O5P/c1-10(2,3)18-9(15)14-4-5-17-20(13,16)19-8(6-11)7-12/h8H,4-7,11-12H2,1-3H3,(H2,13,16)(H,14,15). The molecule has 1 amide bonds. The fraction of sp³-hybridized carbons (Fsp3) is 0.900. The minimum atomic E-state index is -3.73. The van der Waals surface area contributed by atoms with E-state index in [1.54, 1.807) is 20.8 Å². The van der Waals surface area contributed by atoms with Crippen LogP contribution in [0.4, 0.5) is 4.79 Å². The van der Waals surface area contributed by atoms with Gasteiger partial charge < -0.3 is 21.5 Å². The van der Waals surface area contributed by atoms with Gasteiger partial charge in [-0.05, 0) is 20.8 Å². The molecular weight excluding hydrogens is 287 g/mol. The number of alkyl carbamates (subject to hydrolysis) is 1. The normalized spacial score (nSPS) is 14.9. The lowest BCUT2D eigenvalue weighted by Gasteiger charge is -2.21. The van der Waals surface area contributed by atoms with Crippen molar-refractivity contribution in [2.24, 2.45) is 17.0 Å². The summed E-state index contributed by atoms with van der Waals surface area (Å²) in [5.74, 6) is 0. The first-order valence-corrected chi connectivity index (χ1v) is 7.79.